The number of fused-ring (bicyclic) bond motifs is 9. The van der Waals surface area contributed by atoms with Crippen LogP contribution in [0.15, 0.2) is 181 Å². The van der Waals surface area contributed by atoms with E-state index in [0.29, 0.717) is 0 Å². The molecule has 4 heteroatoms. The third-order valence-electron chi connectivity index (χ3n) is 10.5. The molecule has 4 heterocycles. The Labute approximate surface area is 304 Å². The molecular formula is C49H29N3O. The van der Waals surface area contributed by atoms with E-state index < -0.39 is 0 Å². The second kappa shape index (κ2) is 11.7. The number of rotatable bonds is 4. The first-order valence-electron chi connectivity index (χ1n) is 17.8. The maximum Gasteiger partial charge on any atom is 0.143 e. The molecule has 0 fully saturated rings. The van der Waals surface area contributed by atoms with Gasteiger partial charge in [-0.2, -0.15) is 0 Å². The Balaban J connectivity index is 1.13. The van der Waals surface area contributed by atoms with Crippen LogP contribution in [0.4, 0.5) is 0 Å². The number of furan rings is 1. The van der Waals surface area contributed by atoms with Gasteiger partial charge in [-0.3, -0.25) is 9.97 Å². The number of benzene rings is 7. The fraction of sp³-hybridized carbons (Fsp3) is 0. The first kappa shape index (κ1) is 29.5. The van der Waals surface area contributed by atoms with E-state index in [4.69, 9.17) is 14.4 Å². The standard InChI is InChI=1S/C49H29N3O/c1-2-9-31(10-3-1)43-24-20-35-26-34(19-23-44(35)52-43)38-21-18-33(37-27-36-16-15-32-11-7-25-50-47(32)48(36)51-29-37)28-42(38)40-13-6-14-45-46(40)41-22-17-30-8-4-5-12-39(30)49(41)53-45/h1-29H. The molecule has 11 rings (SSSR count). The molecule has 0 saturated carbocycles. The zero-order chi connectivity index (χ0) is 34.9. The maximum absolute atomic E-state index is 6.65. The molecule has 0 atom stereocenters. The van der Waals surface area contributed by atoms with E-state index in [2.05, 4.69) is 157 Å². The van der Waals surface area contributed by atoms with Gasteiger partial charge < -0.3 is 4.42 Å². The number of pyridine rings is 3. The highest BCUT2D eigenvalue weighted by molar-refractivity contribution is 6.20. The Morgan fingerprint density at radius 2 is 1.21 bits per heavy atom. The molecule has 53 heavy (non-hydrogen) atoms. The minimum atomic E-state index is 0.869. The highest BCUT2D eigenvalue weighted by atomic mass is 16.3. The van der Waals surface area contributed by atoms with Crippen LogP contribution < -0.4 is 0 Å². The first-order chi connectivity index (χ1) is 26.2. The molecule has 0 aliphatic rings. The predicted octanol–water partition coefficient (Wildman–Crippen LogP) is 13.1. The minimum Gasteiger partial charge on any atom is -0.455 e. The molecule has 4 nitrogen and oxygen atoms in total. The van der Waals surface area contributed by atoms with Crippen LogP contribution in [-0.4, -0.2) is 15.0 Å². The van der Waals surface area contributed by atoms with E-state index in [1.165, 1.54) is 0 Å². The van der Waals surface area contributed by atoms with Crippen molar-refractivity contribution >= 4 is 65.4 Å². The van der Waals surface area contributed by atoms with Crippen LogP contribution in [0, 0.1) is 0 Å². The predicted molar refractivity (Wildman–Crippen MR) is 219 cm³/mol. The van der Waals surface area contributed by atoms with Crippen LogP contribution in [0.5, 0.6) is 0 Å². The minimum absolute atomic E-state index is 0.869. The Bertz CT molecular complexity index is 3240. The highest BCUT2D eigenvalue weighted by Gasteiger charge is 2.19. The lowest BCUT2D eigenvalue weighted by Gasteiger charge is -2.15. The van der Waals surface area contributed by atoms with Gasteiger partial charge in [-0.25, -0.2) is 4.98 Å². The Morgan fingerprint density at radius 3 is 2.17 bits per heavy atom. The number of aromatic nitrogens is 3. The van der Waals surface area contributed by atoms with Gasteiger partial charge in [0.15, 0.2) is 0 Å². The Morgan fingerprint density at radius 1 is 0.415 bits per heavy atom. The van der Waals surface area contributed by atoms with Gasteiger partial charge in [0, 0.05) is 55.8 Å². The molecule has 0 unspecified atom stereocenters. The first-order valence-corrected chi connectivity index (χ1v) is 17.8. The van der Waals surface area contributed by atoms with Crippen molar-refractivity contribution in [3.05, 3.63) is 176 Å². The molecule has 11 aromatic rings. The van der Waals surface area contributed by atoms with E-state index in [9.17, 15) is 0 Å². The molecule has 0 aliphatic carbocycles. The summed E-state index contributed by atoms with van der Waals surface area (Å²) in [7, 11) is 0. The zero-order valence-electron chi connectivity index (χ0n) is 28.5. The molecule has 0 amide bonds. The van der Waals surface area contributed by atoms with Crippen molar-refractivity contribution in [2.75, 3.05) is 0 Å². The van der Waals surface area contributed by atoms with Gasteiger partial charge in [-0.15, -0.1) is 0 Å². The zero-order valence-corrected chi connectivity index (χ0v) is 28.5. The monoisotopic (exact) mass is 675 g/mol. The van der Waals surface area contributed by atoms with Gasteiger partial charge in [0.05, 0.1) is 22.2 Å². The molecule has 246 valence electrons. The van der Waals surface area contributed by atoms with E-state index in [-0.39, 0.29) is 0 Å². The van der Waals surface area contributed by atoms with Gasteiger partial charge in [0.25, 0.3) is 0 Å². The smallest absolute Gasteiger partial charge is 0.143 e. The maximum atomic E-state index is 6.65. The van der Waals surface area contributed by atoms with E-state index in [1.54, 1.807) is 0 Å². The van der Waals surface area contributed by atoms with Crippen LogP contribution in [0.3, 0.4) is 0 Å². The van der Waals surface area contributed by atoms with Crippen LogP contribution in [0.25, 0.3) is 110 Å². The van der Waals surface area contributed by atoms with Crippen LogP contribution in [0.1, 0.15) is 0 Å². The van der Waals surface area contributed by atoms with Crippen molar-refractivity contribution in [2.45, 2.75) is 0 Å². The number of hydrogen-bond acceptors (Lipinski definition) is 4. The van der Waals surface area contributed by atoms with Gasteiger partial charge in [-0.05, 0) is 81.7 Å². The Kier molecular flexibility index (Phi) is 6.52. The summed E-state index contributed by atoms with van der Waals surface area (Å²) in [6.45, 7) is 0. The fourth-order valence-corrected chi connectivity index (χ4v) is 7.93. The largest absolute Gasteiger partial charge is 0.455 e. The summed E-state index contributed by atoms with van der Waals surface area (Å²) in [5.41, 5.74) is 13.3. The van der Waals surface area contributed by atoms with Crippen molar-refractivity contribution in [1.29, 1.82) is 0 Å². The van der Waals surface area contributed by atoms with Gasteiger partial charge in [0.1, 0.15) is 11.2 Å². The number of nitrogens with zero attached hydrogens (tertiary/aromatic N) is 3. The summed E-state index contributed by atoms with van der Waals surface area (Å²) in [5.74, 6) is 0. The Hall–Kier alpha value is -7.17. The third kappa shape index (κ3) is 4.80. The summed E-state index contributed by atoms with van der Waals surface area (Å²) < 4.78 is 6.65. The highest BCUT2D eigenvalue weighted by Crippen LogP contribution is 2.44. The van der Waals surface area contributed by atoms with Crippen LogP contribution in [-0.2, 0) is 0 Å². The molecule has 4 aromatic heterocycles. The summed E-state index contributed by atoms with van der Waals surface area (Å²) >= 11 is 0. The molecule has 0 radical (unpaired) electrons. The third-order valence-corrected chi connectivity index (χ3v) is 10.5. The van der Waals surface area contributed by atoms with Crippen molar-refractivity contribution in [3.8, 4) is 44.6 Å². The summed E-state index contributed by atoms with van der Waals surface area (Å²) in [5, 5.41) is 7.73. The lowest BCUT2D eigenvalue weighted by Crippen LogP contribution is -1.91. The average Bonchev–Trinajstić information content (AvgIpc) is 3.63. The lowest BCUT2D eigenvalue weighted by molar-refractivity contribution is 0.673. The second-order valence-corrected chi connectivity index (χ2v) is 13.6. The summed E-state index contributed by atoms with van der Waals surface area (Å²) in [6.07, 6.45) is 3.80. The molecule has 0 bridgehead atoms. The van der Waals surface area contributed by atoms with Crippen molar-refractivity contribution in [2.24, 2.45) is 0 Å². The van der Waals surface area contributed by atoms with Gasteiger partial charge in [0.2, 0.25) is 0 Å². The SMILES string of the molecule is c1ccc(-c2ccc3cc(-c4ccc(-c5cnc6c(ccc7cccnc76)c5)cc4-c4cccc5oc6c7ccccc7ccc6c45)ccc3n2)cc1. The van der Waals surface area contributed by atoms with Crippen molar-refractivity contribution in [3.63, 3.8) is 0 Å². The summed E-state index contributed by atoms with van der Waals surface area (Å²) in [4.78, 5) is 14.6. The molecule has 0 N–H and O–H groups in total. The topological polar surface area (TPSA) is 51.8 Å². The van der Waals surface area contributed by atoms with Crippen LogP contribution in [0.2, 0.25) is 0 Å². The molecule has 0 spiro atoms. The molecule has 0 aliphatic heterocycles. The molecule has 7 aromatic carbocycles. The summed E-state index contributed by atoms with van der Waals surface area (Å²) in [6, 6.07) is 57.7. The van der Waals surface area contributed by atoms with E-state index in [0.717, 1.165) is 110 Å². The molecular weight excluding hydrogens is 647 g/mol. The van der Waals surface area contributed by atoms with E-state index in [1.807, 2.05) is 24.5 Å². The second-order valence-electron chi connectivity index (χ2n) is 13.6. The lowest BCUT2D eigenvalue weighted by atomic mass is 9.88. The van der Waals surface area contributed by atoms with Crippen molar-refractivity contribution < 1.29 is 4.42 Å². The van der Waals surface area contributed by atoms with Crippen LogP contribution >= 0.6 is 0 Å². The van der Waals surface area contributed by atoms with Crippen molar-refractivity contribution in [1.82, 2.24) is 15.0 Å². The van der Waals surface area contributed by atoms with Gasteiger partial charge in [-0.1, -0.05) is 115 Å². The van der Waals surface area contributed by atoms with Gasteiger partial charge >= 0.3 is 0 Å². The van der Waals surface area contributed by atoms with E-state index >= 15 is 0 Å². The quantitative estimate of drug-likeness (QED) is 0.174. The fourth-order valence-electron chi connectivity index (χ4n) is 7.93. The normalized spacial score (nSPS) is 11.8. The average molecular weight is 676 g/mol. The molecule has 0 saturated heterocycles. The number of hydrogen-bond donors (Lipinski definition) is 0.